The third-order valence-corrected chi connectivity index (χ3v) is 4.43. The molecular formula is C14H20N6O. The molecule has 7 heteroatoms. The van der Waals surface area contributed by atoms with Crippen molar-refractivity contribution in [2.45, 2.75) is 6.42 Å². The zero-order chi connectivity index (χ0) is 14.1. The first-order valence-electron chi connectivity index (χ1n) is 7.60. The van der Waals surface area contributed by atoms with Crippen molar-refractivity contribution in [3.8, 4) is 0 Å². The summed E-state index contributed by atoms with van der Waals surface area (Å²) in [5, 5.41) is 7.95. The lowest BCUT2D eigenvalue weighted by Crippen LogP contribution is -2.48. The lowest BCUT2D eigenvalue weighted by Gasteiger charge is -2.36. The average molecular weight is 288 g/mol. The highest BCUT2D eigenvalue weighted by Crippen LogP contribution is 2.19. The summed E-state index contributed by atoms with van der Waals surface area (Å²) in [6, 6.07) is 2.04. The maximum Gasteiger partial charge on any atom is 0.256 e. The second-order valence-corrected chi connectivity index (χ2v) is 5.82. The second-order valence-electron chi connectivity index (χ2n) is 5.82. The minimum Gasteiger partial charge on any atom is -0.381 e. The maximum absolute atomic E-state index is 5.47. The van der Waals surface area contributed by atoms with Crippen LogP contribution in [-0.4, -0.2) is 70.4 Å². The van der Waals surface area contributed by atoms with Gasteiger partial charge in [-0.1, -0.05) is 0 Å². The largest absolute Gasteiger partial charge is 0.381 e. The van der Waals surface area contributed by atoms with E-state index in [2.05, 4.69) is 25.0 Å². The molecule has 2 aromatic heterocycles. The van der Waals surface area contributed by atoms with E-state index < -0.39 is 0 Å². The van der Waals surface area contributed by atoms with Gasteiger partial charge in [-0.15, -0.1) is 10.2 Å². The van der Waals surface area contributed by atoms with E-state index >= 15 is 0 Å². The van der Waals surface area contributed by atoms with Gasteiger partial charge < -0.3 is 9.64 Å². The molecule has 112 valence electrons. The van der Waals surface area contributed by atoms with Gasteiger partial charge >= 0.3 is 0 Å². The second kappa shape index (κ2) is 5.57. The van der Waals surface area contributed by atoms with Gasteiger partial charge in [0.2, 0.25) is 0 Å². The zero-order valence-corrected chi connectivity index (χ0v) is 12.1. The van der Waals surface area contributed by atoms with Crippen LogP contribution in [0.5, 0.6) is 0 Å². The fourth-order valence-electron chi connectivity index (χ4n) is 3.24. The number of hydrogen-bond donors (Lipinski definition) is 0. The molecule has 0 N–H and O–H groups in total. The number of piperazine rings is 1. The standard InChI is InChI=1S/C14H20N6O/c1-3-15-14-17-16-11-20(14)13(1)19-6-4-18(5-7-19)9-12-2-8-21-10-12/h1,3,11-12H,2,4-10H2/t12-/m0/s1. The molecule has 0 unspecified atom stereocenters. The summed E-state index contributed by atoms with van der Waals surface area (Å²) < 4.78 is 7.43. The molecule has 1 atom stereocenters. The van der Waals surface area contributed by atoms with Crippen LogP contribution < -0.4 is 4.90 Å². The molecule has 0 radical (unpaired) electrons. The van der Waals surface area contributed by atoms with Crippen LogP contribution in [0.1, 0.15) is 6.42 Å². The van der Waals surface area contributed by atoms with Crippen LogP contribution in [0.4, 0.5) is 5.82 Å². The Bertz CT molecular complexity index is 600. The van der Waals surface area contributed by atoms with Crippen LogP contribution in [0.25, 0.3) is 5.78 Å². The van der Waals surface area contributed by atoms with Crippen molar-refractivity contribution in [3.63, 3.8) is 0 Å². The molecule has 2 aliphatic rings. The summed E-state index contributed by atoms with van der Waals surface area (Å²) in [7, 11) is 0. The Balaban J connectivity index is 1.41. The van der Waals surface area contributed by atoms with Gasteiger partial charge in [-0.25, -0.2) is 4.98 Å². The molecule has 2 aliphatic heterocycles. The highest BCUT2D eigenvalue weighted by Gasteiger charge is 2.23. The van der Waals surface area contributed by atoms with E-state index in [4.69, 9.17) is 4.74 Å². The third-order valence-electron chi connectivity index (χ3n) is 4.43. The van der Waals surface area contributed by atoms with Crippen LogP contribution in [-0.2, 0) is 4.74 Å². The average Bonchev–Trinajstić information content (AvgIpc) is 3.18. The molecule has 4 heterocycles. The van der Waals surface area contributed by atoms with Gasteiger partial charge in [-0.3, -0.25) is 9.30 Å². The lowest BCUT2D eigenvalue weighted by molar-refractivity contribution is 0.164. The smallest absolute Gasteiger partial charge is 0.256 e. The van der Waals surface area contributed by atoms with Gasteiger partial charge in [0, 0.05) is 45.5 Å². The van der Waals surface area contributed by atoms with E-state index in [9.17, 15) is 0 Å². The fourth-order valence-corrected chi connectivity index (χ4v) is 3.24. The minimum absolute atomic E-state index is 0.665. The number of nitrogens with zero attached hydrogens (tertiary/aromatic N) is 6. The first kappa shape index (κ1) is 13.0. The van der Waals surface area contributed by atoms with E-state index in [0.717, 1.165) is 51.1 Å². The molecule has 0 bridgehead atoms. The van der Waals surface area contributed by atoms with Crippen LogP contribution in [0.3, 0.4) is 0 Å². The van der Waals surface area contributed by atoms with E-state index in [-0.39, 0.29) is 0 Å². The van der Waals surface area contributed by atoms with E-state index in [1.165, 1.54) is 13.0 Å². The highest BCUT2D eigenvalue weighted by molar-refractivity contribution is 5.46. The van der Waals surface area contributed by atoms with Gasteiger partial charge in [-0.2, -0.15) is 0 Å². The van der Waals surface area contributed by atoms with Gasteiger partial charge in [0.15, 0.2) is 0 Å². The molecule has 0 amide bonds. The van der Waals surface area contributed by atoms with Crippen molar-refractivity contribution in [3.05, 3.63) is 18.6 Å². The van der Waals surface area contributed by atoms with Crippen molar-refractivity contribution < 1.29 is 4.74 Å². The third kappa shape index (κ3) is 2.58. The van der Waals surface area contributed by atoms with Gasteiger partial charge in [0.25, 0.3) is 5.78 Å². The number of anilines is 1. The fraction of sp³-hybridized carbons (Fsp3) is 0.643. The van der Waals surface area contributed by atoms with Crippen molar-refractivity contribution in [2.75, 3.05) is 50.8 Å². The molecule has 7 nitrogen and oxygen atoms in total. The molecule has 0 saturated carbocycles. The highest BCUT2D eigenvalue weighted by atomic mass is 16.5. The predicted octanol–water partition coefficient (Wildman–Crippen LogP) is 0.283. The Kier molecular flexibility index (Phi) is 3.44. The Hall–Kier alpha value is -1.73. The van der Waals surface area contributed by atoms with Crippen molar-refractivity contribution >= 4 is 11.6 Å². The first-order valence-corrected chi connectivity index (χ1v) is 7.60. The molecule has 0 aromatic carbocycles. The molecule has 0 spiro atoms. The Morgan fingerprint density at radius 2 is 2.14 bits per heavy atom. The van der Waals surface area contributed by atoms with Crippen LogP contribution >= 0.6 is 0 Å². The number of ether oxygens (including phenoxy) is 1. The van der Waals surface area contributed by atoms with Crippen LogP contribution in [0.15, 0.2) is 18.6 Å². The van der Waals surface area contributed by atoms with Gasteiger partial charge in [-0.05, 0) is 18.4 Å². The monoisotopic (exact) mass is 288 g/mol. The normalized spacial score (nSPS) is 24.0. The Morgan fingerprint density at radius 1 is 1.24 bits per heavy atom. The first-order chi connectivity index (χ1) is 10.4. The van der Waals surface area contributed by atoms with Crippen molar-refractivity contribution in [1.82, 2.24) is 24.5 Å². The van der Waals surface area contributed by atoms with Crippen molar-refractivity contribution in [2.24, 2.45) is 5.92 Å². The van der Waals surface area contributed by atoms with Gasteiger partial charge in [0.05, 0.1) is 6.61 Å². The SMILES string of the molecule is c1cc(N2CCN(C[C@@H]3CCOC3)CC2)n2cnnc2n1. The molecule has 0 aliphatic carbocycles. The van der Waals surface area contributed by atoms with Crippen molar-refractivity contribution in [1.29, 1.82) is 0 Å². The van der Waals surface area contributed by atoms with E-state index in [0.29, 0.717) is 5.78 Å². The van der Waals surface area contributed by atoms with Crippen LogP contribution in [0.2, 0.25) is 0 Å². The summed E-state index contributed by atoms with van der Waals surface area (Å²) in [5.41, 5.74) is 0. The Labute approximate surface area is 123 Å². The number of rotatable bonds is 3. The summed E-state index contributed by atoms with van der Waals surface area (Å²) in [6.07, 6.45) is 4.76. The summed E-state index contributed by atoms with van der Waals surface area (Å²) in [6.45, 7) is 7.31. The van der Waals surface area contributed by atoms with Gasteiger partial charge in [0.1, 0.15) is 12.1 Å². The lowest BCUT2D eigenvalue weighted by atomic mass is 10.1. The molecule has 21 heavy (non-hydrogen) atoms. The summed E-state index contributed by atoms with van der Waals surface area (Å²) in [4.78, 5) is 9.16. The molecular weight excluding hydrogens is 268 g/mol. The molecule has 2 saturated heterocycles. The summed E-state index contributed by atoms with van der Waals surface area (Å²) in [5.74, 6) is 2.52. The molecule has 2 aromatic rings. The minimum atomic E-state index is 0.665. The Morgan fingerprint density at radius 3 is 2.95 bits per heavy atom. The molecule has 2 fully saturated rings. The maximum atomic E-state index is 5.47. The zero-order valence-electron chi connectivity index (χ0n) is 12.1. The predicted molar refractivity (Wildman–Crippen MR) is 78.4 cm³/mol. The number of aromatic nitrogens is 4. The quantitative estimate of drug-likeness (QED) is 0.809. The van der Waals surface area contributed by atoms with Crippen LogP contribution in [0, 0.1) is 5.92 Å². The topological polar surface area (TPSA) is 58.8 Å². The number of fused-ring (bicyclic) bond motifs is 1. The molecule has 4 rings (SSSR count). The summed E-state index contributed by atoms with van der Waals surface area (Å²) >= 11 is 0. The van der Waals surface area contributed by atoms with E-state index in [1.807, 2.05) is 16.7 Å². The van der Waals surface area contributed by atoms with E-state index in [1.54, 1.807) is 6.33 Å². The number of hydrogen-bond acceptors (Lipinski definition) is 6.